The number of rotatable bonds is 11. The molecule has 1 atom stereocenters. The number of nitrogens with zero attached hydrogens (tertiary/aromatic N) is 1. The van der Waals surface area contributed by atoms with Crippen LogP contribution in [0.5, 0.6) is 0 Å². The molecule has 1 unspecified atom stereocenters. The summed E-state index contributed by atoms with van der Waals surface area (Å²) in [7, 11) is -4.21. The molecular weight excluding hydrogens is 598 g/mol. The van der Waals surface area contributed by atoms with Gasteiger partial charge in [0.05, 0.1) is 11.5 Å². The number of hydrogen-bond acceptors (Lipinski definition) is 8. The van der Waals surface area contributed by atoms with Gasteiger partial charge in [0.2, 0.25) is 10.0 Å². The van der Waals surface area contributed by atoms with Gasteiger partial charge in [-0.15, -0.1) is 0 Å². The van der Waals surface area contributed by atoms with Crippen LogP contribution in [-0.2, 0) is 26.0 Å². The van der Waals surface area contributed by atoms with Crippen molar-refractivity contribution in [2.45, 2.75) is 83.6 Å². The molecule has 12 nitrogen and oxygen atoms in total. The molecule has 1 fully saturated rings. The number of hydroxylamine groups is 1. The van der Waals surface area contributed by atoms with Crippen LogP contribution in [0.2, 0.25) is 0 Å². The Morgan fingerprint density at radius 2 is 1.56 bits per heavy atom. The van der Waals surface area contributed by atoms with Gasteiger partial charge in [-0.05, 0) is 46.9 Å². The van der Waals surface area contributed by atoms with Crippen molar-refractivity contribution in [3.05, 3.63) is 64.2 Å². The molecule has 1 saturated heterocycles. The first-order chi connectivity index (χ1) is 21.1. The Balaban J connectivity index is 0.000000537. The number of amidine groups is 1. The molecule has 13 heteroatoms. The van der Waals surface area contributed by atoms with E-state index in [1.54, 1.807) is 34.6 Å². The maximum Gasteiger partial charge on any atom is 0.409 e. The average molecular weight is 648 g/mol. The van der Waals surface area contributed by atoms with E-state index < -0.39 is 22.0 Å². The topological polar surface area (TPSA) is 181 Å². The summed E-state index contributed by atoms with van der Waals surface area (Å²) in [6.07, 6.45) is -0.388. The van der Waals surface area contributed by atoms with Crippen molar-refractivity contribution in [3.8, 4) is 0 Å². The quantitative estimate of drug-likeness (QED) is 0.117. The number of carboxylic acids is 1. The van der Waals surface area contributed by atoms with E-state index in [1.165, 1.54) is 0 Å². The van der Waals surface area contributed by atoms with E-state index >= 15 is 0 Å². The van der Waals surface area contributed by atoms with E-state index in [0.717, 1.165) is 31.7 Å². The summed E-state index contributed by atoms with van der Waals surface area (Å²) in [6.45, 7) is 17.3. The molecule has 6 N–H and O–H groups in total. The van der Waals surface area contributed by atoms with E-state index in [9.17, 15) is 23.1 Å². The number of ether oxygens (including phenoxy) is 1. The molecule has 45 heavy (non-hydrogen) atoms. The van der Waals surface area contributed by atoms with E-state index in [0.29, 0.717) is 23.3 Å². The third-order valence-electron chi connectivity index (χ3n) is 7.41. The second-order valence-corrected chi connectivity index (χ2v) is 13.4. The zero-order chi connectivity index (χ0) is 33.9. The first kappa shape index (κ1) is 37.7. The smallest absolute Gasteiger partial charge is 0.409 e. The van der Waals surface area contributed by atoms with E-state index in [2.05, 4.69) is 10.0 Å². The van der Waals surface area contributed by atoms with Crippen LogP contribution in [0.3, 0.4) is 0 Å². The third kappa shape index (κ3) is 10.5. The molecule has 250 valence electrons. The number of amides is 1. The minimum atomic E-state index is -4.21. The Morgan fingerprint density at radius 3 is 2.02 bits per heavy atom. The number of aliphatic carboxylic acids is 1. The second kappa shape index (κ2) is 17.2. The minimum Gasteiger partial charge on any atom is -0.480 e. The van der Waals surface area contributed by atoms with Gasteiger partial charge in [-0.1, -0.05) is 77.9 Å². The van der Waals surface area contributed by atoms with Gasteiger partial charge >= 0.3 is 12.1 Å². The molecule has 0 aliphatic carbocycles. The summed E-state index contributed by atoms with van der Waals surface area (Å²) in [6, 6.07) is 8.78. The zero-order valence-electron chi connectivity index (χ0n) is 27.3. The summed E-state index contributed by atoms with van der Waals surface area (Å²) in [5.74, 6) is -1.63. The lowest BCUT2D eigenvalue weighted by Crippen LogP contribution is -2.46. The number of sulfonamides is 1. The number of carbonyl (C=O) groups excluding carboxylic acids is 1. The first-order valence-corrected chi connectivity index (χ1v) is 16.7. The van der Waals surface area contributed by atoms with Crippen LogP contribution in [0.1, 0.15) is 94.0 Å². The van der Waals surface area contributed by atoms with Gasteiger partial charge in [0, 0.05) is 38.2 Å². The number of piperazine rings is 1. The highest BCUT2D eigenvalue weighted by Crippen LogP contribution is 2.35. The van der Waals surface area contributed by atoms with Crippen molar-refractivity contribution in [1.82, 2.24) is 20.4 Å². The van der Waals surface area contributed by atoms with Crippen molar-refractivity contribution < 1.29 is 33.1 Å². The van der Waals surface area contributed by atoms with E-state index in [4.69, 9.17) is 15.4 Å². The maximum atomic E-state index is 13.7. The largest absolute Gasteiger partial charge is 0.480 e. The van der Waals surface area contributed by atoms with Crippen molar-refractivity contribution in [2.24, 2.45) is 0 Å². The predicted molar refractivity (Wildman–Crippen MR) is 174 cm³/mol. The molecule has 0 radical (unpaired) electrons. The lowest BCUT2D eigenvalue weighted by molar-refractivity contribution is -0.138. The fourth-order valence-corrected chi connectivity index (χ4v) is 6.80. The SMILES string of the molecule is CC(C)c1cc(C(C)C)c(S(=O)(=O)NC(Cc2ccccc2C(=N)NO)C(=O)O)c(C(C)C)c1.CCOC(=O)N1CCNCC1. The Bertz CT molecular complexity index is 1390. The van der Waals surface area contributed by atoms with Crippen LogP contribution < -0.4 is 15.5 Å². The third-order valence-corrected chi connectivity index (χ3v) is 9.01. The van der Waals surface area contributed by atoms with Gasteiger partial charge in [-0.2, -0.15) is 4.72 Å². The number of benzene rings is 2. The summed E-state index contributed by atoms with van der Waals surface area (Å²) in [5, 5.41) is 30.0. The normalized spacial score (nSPS) is 14.2. The highest BCUT2D eigenvalue weighted by Gasteiger charge is 2.32. The van der Waals surface area contributed by atoms with Crippen molar-refractivity contribution in [2.75, 3.05) is 32.8 Å². The highest BCUT2D eigenvalue weighted by molar-refractivity contribution is 7.89. The summed E-state index contributed by atoms with van der Waals surface area (Å²) in [5.41, 5.74) is 4.77. The van der Waals surface area contributed by atoms with Crippen LogP contribution in [0.15, 0.2) is 41.3 Å². The number of nitrogens with one attached hydrogen (secondary N) is 4. The van der Waals surface area contributed by atoms with Crippen molar-refractivity contribution >= 4 is 27.9 Å². The van der Waals surface area contributed by atoms with E-state index in [-0.39, 0.29) is 46.6 Å². The fraction of sp³-hybridized carbons (Fsp3) is 0.531. The maximum absolute atomic E-state index is 13.7. The second-order valence-electron chi connectivity index (χ2n) is 11.8. The molecular formula is C32H49N5O7S. The minimum absolute atomic E-state index is 0.0946. The highest BCUT2D eigenvalue weighted by atomic mass is 32.2. The molecule has 3 rings (SSSR count). The van der Waals surface area contributed by atoms with Crippen LogP contribution >= 0.6 is 0 Å². The monoisotopic (exact) mass is 647 g/mol. The molecule has 1 amide bonds. The lowest BCUT2D eigenvalue weighted by atomic mass is 9.89. The predicted octanol–water partition coefficient (Wildman–Crippen LogP) is 4.38. The Hall–Kier alpha value is -3.52. The van der Waals surface area contributed by atoms with Gasteiger partial charge in [-0.3, -0.25) is 20.9 Å². The Kier molecular flexibility index (Phi) is 14.4. The fourth-order valence-electron chi connectivity index (χ4n) is 4.91. The zero-order valence-corrected chi connectivity index (χ0v) is 28.1. The molecule has 2 aromatic rings. The van der Waals surface area contributed by atoms with E-state index in [1.807, 2.05) is 60.6 Å². The standard InChI is InChI=1S/C25H35N3O5S.C7H14N2O2/c1-14(2)18-11-20(15(3)4)23(21(12-18)16(5)6)34(32,33)28-22(25(29)30)13-17-9-7-8-10-19(17)24(26)27-31;1-2-11-7(10)9-5-3-8-4-6-9/h7-12,14-16,22,28,31H,13H2,1-6H3,(H2,26,27)(H,29,30);8H,2-6H2,1H3. The van der Waals surface area contributed by atoms with Crippen LogP contribution in [0, 0.1) is 5.41 Å². The van der Waals surface area contributed by atoms with Gasteiger partial charge in [0.15, 0.2) is 0 Å². The van der Waals surface area contributed by atoms with Crippen LogP contribution in [0.4, 0.5) is 4.79 Å². The van der Waals surface area contributed by atoms with Crippen LogP contribution in [-0.4, -0.2) is 80.4 Å². The summed E-state index contributed by atoms with van der Waals surface area (Å²) < 4.78 is 34.6. The molecule has 2 aromatic carbocycles. The van der Waals surface area contributed by atoms with Crippen LogP contribution in [0.25, 0.3) is 0 Å². The van der Waals surface area contributed by atoms with Gasteiger partial charge < -0.3 is 20.1 Å². The van der Waals surface area contributed by atoms with Gasteiger partial charge in [0.25, 0.3) is 0 Å². The van der Waals surface area contributed by atoms with Gasteiger partial charge in [-0.25, -0.2) is 13.2 Å². The van der Waals surface area contributed by atoms with Crippen molar-refractivity contribution in [1.29, 1.82) is 5.41 Å². The molecule has 1 heterocycles. The molecule has 1 aliphatic rings. The number of hydrogen-bond donors (Lipinski definition) is 6. The summed E-state index contributed by atoms with van der Waals surface area (Å²) in [4.78, 5) is 25.0. The Morgan fingerprint density at radius 1 is 1.00 bits per heavy atom. The number of carbonyl (C=O) groups is 2. The molecule has 0 saturated carbocycles. The molecule has 0 bridgehead atoms. The summed E-state index contributed by atoms with van der Waals surface area (Å²) >= 11 is 0. The number of carboxylic acid groups (broad SMARTS) is 1. The Labute approximate surface area is 267 Å². The first-order valence-electron chi connectivity index (χ1n) is 15.3. The lowest BCUT2D eigenvalue weighted by Gasteiger charge is -2.26. The van der Waals surface area contributed by atoms with Crippen molar-refractivity contribution in [3.63, 3.8) is 0 Å². The molecule has 0 spiro atoms. The van der Waals surface area contributed by atoms with Gasteiger partial charge in [0.1, 0.15) is 11.9 Å². The molecule has 0 aromatic heterocycles. The average Bonchev–Trinajstić information content (AvgIpc) is 3.00. The molecule has 1 aliphatic heterocycles.